The van der Waals surface area contributed by atoms with E-state index in [1.165, 1.54) is 12.1 Å². The van der Waals surface area contributed by atoms with Crippen molar-refractivity contribution < 1.29 is 15.1 Å². The quantitative estimate of drug-likeness (QED) is 0.433. The Bertz CT molecular complexity index is 362. The summed E-state index contributed by atoms with van der Waals surface area (Å²) in [4.78, 5) is 10.6. The van der Waals surface area contributed by atoms with Gasteiger partial charge in [-0.15, -0.1) is 0 Å². The summed E-state index contributed by atoms with van der Waals surface area (Å²) in [6.07, 6.45) is 0. The summed E-state index contributed by atoms with van der Waals surface area (Å²) in [5.41, 5.74) is 0.199. The molecular formula is C8H6ClNO3. The minimum absolute atomic E-state index is 0.00491. The Hall–Kier alpha value is -1.55. The van der Waals surface area contributed by atoms with Gasteiger partial charge in [0.1, 0.15) is 0 Å². The number of halogens is 1. The molecule has 0 bridgehead atoms. The molecule has 0 atom stereocenters. The van der Waals surface area contributed by atoms with Crippen molar-refractivity contribution in [2.24, 2.45) is 5.16 Å². The molecule has 4 nitrogen and oxygen atoms in total. The zero-order chi connectivity index (χ0) is 9.84. The van der Waals surface area contributed by atoms with Crippen molar-refractivity contribution in [2.45, 2.75) is 0 Å². The molecule has 13 heavy (non-hydrogen) atoms. The Morgan fingerprint density at radius 3 is 2.31 bits per heavy atom. The van der Waals surface area contributed by atoms with E-state index in [1.807, 2.05) is 0 Å². The Morgan fingerprint density at radius 2 is 1.85 bits per heavy atom. The van der Waals surface area contributed by atoms with Crippen LogP contribution in [0, 0.1) is 0 Å². The average Bonchev–Trinajstić information content (AvgIpc) is 2.16. The monoisotopic (exact) mass is 199 g/mol. The zero-order valence-electron chi connectivity index (χ0n) is 6.44. The van der Waals surface area contributed by atoms with Gasteiger partial charge < -0.3 is 10.3 Å². The van der Waals surface area contributed by atoms with Gasteiger partial charge in [-0.05, 0) is 6.07 Å². The molecule has 5 heteroatoms. The van der Waals surface area contributed by atoms with Crippen molar-refractivity contribution >= 4 is 22.7 Å². The van der Waals surface area contributed by atoms with Crippen LogP contribution in [0.15, 0.2) is 29.4 Å². The van der Waals surface area contributed by atoms with Crippen molar-refractivity contribution in [1.29, 1.82) is 0 Å². The highest BCUT2D eigenvalue weighted by Crippen LogP contribution is 2.11. The molecule has 0 aliphatic carbocycles. The molecule has 1 aromatic rings. The third kappa shape index (κ3) is 1.97. The molecule has 0 aliphatic rings. The molecule has 68 valence electrons. The molecule has 0 heterocycles. The first-order valence-corrected chi connectivity index (χ1v) is 3.75. The summed E-state index contributed by atoms with van der Waals surface area (Å²) in [6.45, 7) is 0. The molecule has 1 aromatic carbocycles. The lowest BCUT2D eigenvalue weighted by Gasteiger charge is -2.00. The van der Waals surface area contributed by atoms with Crippen LogP contribution in [0.2, 0.25) is 0 Å². The summed E-state index contributed by atoms with van der Waals surface area (Å²) in [6, 6.07) is 6.01. The van der Waals surface area contributed by atoms with Crippen LogP contribution in [0.4, 0.5) is 0 Å². The first-order chi connectivity index (χ1) is 6.16. The summed E-state index contributed by atoms with van der Waals surface area (Å²) in [5, 5.41) is 19.6. The fourth-order valence-corrected chi connectivity index (χ4v) is 1.07. The van der Waals surface area contributed by atoms with Gasteiger partial charge in [0.2, 0.25) is 0 Å². The van der Waals surface area contributed by atoms with E-state index in [0.29, 0.717) is 0 Å². The van der Waals surface area contributed by atoms with Crippen molar-refractivity contribution in [1.82, 2.24) is 0 Å². The first-order valence-electron chi connectivity index (χ1n) is 3.37. The first kappa shape index (κ1) is 9.54. The van der Waals surface area contributed by atoms with Gasteiger partial charge >= 0.3 is 5.97 Å². The van der Waals surface area contributed by atoms with Crippen LogP contribution in [0.5, 0.6) is 0 Å². The lowest BCUT2D eigenvalue weighted by Crippen LogP contribution is -2.04. The maximum Gasteiger partial charge on any atom is 0.336 e. The molecule has 0 unspecified atom stereocenters. The zero-order valence-corrected chi connectivity index (χ0v) is 7.19. The Morgan fingerprint density at radius 1 is 1.31 bits per heavy atom. The van der Waals surface area contributed by atoms with Gasteiger partial charge in [0.25, 0.3) is 0 Å². The Balaban J connectivity index is 3.28. The van der Waals surface area contributed by atoms with Crippen LogP contribution in [0.25, 0.3) is 0 Å². The molecule has 0 saturated heterocycles. The minimum atomic E-state index is -1.11. The van der Waals surface area contributed by atoms with E-state index in [2.05, 4.69) is 5.16 Å². The largest absolute Gasteiger partial charge is 0.478 e. The maximum atomic E-state index is 10.6. The van der Waals surface area contributed by atoms with Crippen LogP contribution in [-0.2, 0) is 0 Å². The number of nitrogens with zero attached hydrogens (tertiary/aromatic N) is 1. The number of carboxylic acids is 1. The lowest BCUT2D eigenvalue weighted by molar-refractivity contribution is 0.0696. The van der Waals surface area contributed by atoms with E-state index in [9.17, 15) is 4.79 Å². The summed E-state index contributed by atoms with van der Waals surface area (Å²) >= 11 is 5.48. The van der Waals surface area contributed by atoms with E-state index in [0.717, 1.165) is 0 Å². The second-order valence-electron chi connectivity index (χ2n) is 2.24. The third-order valence-electron chi connectivity index (χ3n) is 1.47. The van der Waals surface area contributed by atoms with E-state index >= 15 is 0 Å². The minimum Gasteiger partial charge on any atom is -0.478 e. The summed E-state index contributed by atoms with van der Waals surface area (Å²) in [7, 11) is 0. The second-order valence-corrected chi connectivity index (χ2v) is 2.60. The standard InChI is InChI=1S/C8H6ClNO3/c9-7(10-13)5-3-1-2-4-6(5)8(11)12/h1-4,13H,(H,11,12). The Kier molecular flexibility index (Phi) is 2.87. The molecule has 0 aromatic heterocycles. The highest BCUT2D eigenvalue weighted by Gasteiger charge is 2.12. The number of benzene rings is 1. The molecule has 2 N–H and O–H groups in total. The average molecular weight is 200 g/mol. The number of hydrogen-bond acceptors (Lipinski definition) is 3. The number of hydrogen-bond donors (Lipinski definition) is 2. The lowest BCUT2D eigenvalue weighted by atomic mass is 10.1. The predicted molar refractivity (Wildman–Crippen MR) is 47.6 cm³/mol. The highest BCUT2D eigenvalue weighted by atomic mass is 35.5. The van der Waals surface area contributed by atoms with Crippen LogP contribution in [-0.4, -0.2) is 21.5 Å². The van der Waals surface area contributed by atoms with Gasteiger partial charge in [-0.2, -0.15) is 0 Å². The van der Waals surface area contributed by atoms with Gasteiger partial charge in [0.05, 0.1) is 5.56 Å². The SMILES string of the molecule is O=C(O)c1ccccc1C(Cl)=NO. The molecule has 0 saturated carbocycles. The maximum absolute atomic E-state index is 10.6. The highest BCUT2D eigenvalue weighted by molar-refractivity contribution is 6.69. The molecule has 0 spiro atoms. The third-order valence-corrected chi connectivity index (χ3v) is 1.75. The van der Waals surface area contributed by atoms with E-state index in [1.54, 1.807) is 12.1 Å². The fourth-order valence-electron chi connectivity index (χ4n) is 0.903. The number of rotatable bonds is 2. The number of carboxylic acid groups (broad SMARTS) is 1. The molecule has 0 amide bonds. The van der Waals surface area contributed by atoms with Crippen molar-refractivity contribution in [3.63, 3.8) is 0 Å². The summed E-state index contributed by atoms with van der Waals surface area (Å²) in [5.74, 6) is -1.11. The van der Waals surface area contributed by atoms with Crippen molar-refractivity contribution in [3.8, 4) is 0 Å². The number of carbonyl (C=O) groups is 1. The molecule has 0 fully saturated rings. The van der Waals surface area contributed by atoms with Crippen LogP contribution in [0.1, 0.15) is 15.9 Å². The molecular weight excluding hydrogens is 194 g/mol. The number of aromatic carboxylic acids is 1. The smallest absolute Gasteiger partial charge is 0.336 e. The van der Waals surface area contributed by atoms with Gasteiger partial charge in [0.15, 0.2) is 5.17 Å². The fraction of sp³-hybridized carbons (Fsp3) is 0. The normalized spacial score (nSPS) is 11.3. The van der Waals surface area contributed by atoms with Gasteiger partial charge in [-0.25, -0.2) is 4.79 Å². The van der Waals surface area contributed by atoms with Crippen LogP contribution >= 0.6 is 11.6 Å². The molecule has 0 radical (unpaired) electrons. The molecule has 0 aliphatic heterocycles. The van der Waals surface area contributed by atoms with Crippen molar-refractivity contribution in [3.05, 3.63) is 35.4 Å². The Labute approximate surface area is 79.1 Å². The van der Waals surface area contributed by atoms with E-state index in [-0.39, 0.29) is 16.3 Å². The molecule has 1 rings (SSSR count). The van der Waals surface area contributed by atoms with E-state index < -0.39 is 5.97 Å². The van der Waals surface area contributed by atoms with Crippen LogP contribution in [0.3, 0.4) is 0 Å². The van der Waals surface area contributed by atoms with Gasteiger partial charge in [-0.3, -0.25) is 0 Å². The van der Waals surface area contributed by atoms with Gasteiger partial charge in [0, 0.05) is 5.56 Å². The second kappa shape index (κ2) is 3.91. The van der Waals surface area contributed by atoms with Crippen molar-refractivity contribution in [2.75, 3.05) is 0 Å². The van der Waals surface area contributed by atoms with E-state index in [4.69, 9.17) is 21.9 Å². The van der Waals surface area contributed by atoms with Crippen LogP contribution < -0.4 is 0 Å². The topological polar surface area (TPSA) is 69.9 Å². The van der Waals surface area contributed by atoms with Gasteiger partial charge in [-0.1, -0.05) is 35.0 Å². The summed E-state index contributed by atoms with van der Waals surface area (Å²) < 4.78 is 0. The number of oxime groups is 1. The predicted octanol–water partition coefficient (Wildman–Crippen LogP) is 1.76.